The van der Waals surface area contributed by atoms with Crippen molar-refractivity contribution in [2.45, 2.75) is 19.9 Å². The van der Waals surface area contributed by atoms with Crippen LogP contribution in [0.25, 0.3) is 11.0 Å². The van der Waals surface area contributed by atoms with Gasteiger partial charge in [-0.3, -0.25) is 5.41 Å². The van der Waals surface area contributed by atoms with Gasteiger partial charge >= 0.3 is 0 Å². The maximum atomic E-state index is 7.22. The van der Waals surface area contributed by atoms with Crippen LogP contribution in [0.1, 0.15) is 12.2 Å². The largest absolute Gasteiger partial charge is 0.388 e. The fraction of sp³-hybridized carbons (Fsp3) is 0.273. The van der Waals surface area contributed by atoms with E-state index in [1.54, 1.807) is 0 Å². The van der Waals surface area contributed by atoms with Gasteiger partial charge in [-0.05, 0) is 19.1 Å². The lowest BCUT2D eigenvalue weighted by atomic mass is 10.3. The first-order chi connectivity index (χ1) is 7.18. The van der Waals surface area contributed by atoms with Gasteiger partial charge in [0, 0.05) is 13.0 Å². The minimum absolute atomic E-state index is 0. The minimum Gasteiger partial charge on any atom is -0.388 e. The Balaban J connectivity index is 0.00000128. The van der Waals surface area contributed by atoms with Gasteiger partial charge in [-0.25, -0.2) is 4.98 Å². The first kappa shape index (κ1) is 12.5. The zero-order valence-corrected chi connectivity index (χ0v) is 9.92. The molecule has 0 amide bonds. The van der Waals surface area contributed by atoms with Gasteiger partial charge in [0.15, 0.2) is 0 Å². The van der Waals surface area contributed by atoms with Crippen LogP contribution in [0.15, 0.2) is 24.3 Å². The molecule has 86 valence electrons. The molecule has 4 nitrogen and oxygen atoms in total. The summed E-state index contributed by atoms with van der Waals surface area (Å²) in [5, 5.41) is 7.22. The Morgan fingerprint density at radius 3 is 2.81 bits per heavy atom. The van der Waals surface area contributed by atoms with Crippen molar-refractivity contribution < 1.29 is 0 Å². The number of aryl methyl sites for hydroxylation is 2. The molecule has 5 heteroatoms. The molecule has 16 heavy (non-hydrogen) atoms. The number of nitrogens with two attached hydrogens (primary N) is 1. The van der Waals surface area contributed by atoms with E-state index >= 15 is 0 Å². The van der Waals surface area contributed by atoms with Crippen LogP contribution in [0.4, 0.5) is 0 Å². The number of fused-ring (bicyclic) bond motifs is 1. The lowest BCUT2D eigenvalue weighted by Crippen LogP contribution is -2.13. The lowest BCUT2D eigenvalue weighted by molar-refractivity contribution is 0.715. The highest BCUT2D eigenvalue weighted by Crippen LogP contribution is 2.15. The topological polar surface area (TPSA) is 67.7 Å². The first-order valence-corrected chi connectivity index (χ1v) is 4.93. The number of imidazole rings is 1. The number of benzene rings is 1. The van der Waals surface area contributed by atoms with Crippen molar-refractivity contribution in [2.75, 3.05) is 0 Å². The van der Waals surface area contributed by atoms with E-state index in [1.165, 1.54) is 0 Å². The summed E-state index contributed by atoms with van der Waals surface area (Å²) in [6, 6.07) is 8.00. The molecule has 0 saturated carbocycles. The maximum Gasteiger partial charge on any atom is 0.106 e. The normalized spacial score (nSPS) is 10.1. The number of aromatic nitrogens is 2. The second-order valence-corrected chi connectivity index (χ2v) is 3.57. The molecule has 2 rings (SSSR count). The van der Waals surface area contributed by atoms with Crippen molar-refractivity contribution in [1.82, 2.24) is 9.55 Å². The van der Waals surface area contributed by atoms with Crippen molar-refractivity contribution in [3.8, 4) is 0 Å². The van der Waals surface area contributed by atoms with Gasteiger partial charge in [-0.2, -0.15) is 0 Å². The van der Waals surface area contributed by atoms with E-state index < -0.39 is 0 Å². The molecule has 0 unspecified atom stereocenters. The number of hydrogen-bond acceptors (Lipinski definition) is 2. The van der Waals surface area contributed by atoms with Gasteiger partial charge < -0.3 is 10.3 Å². The second-order valence-electron chi connectivity index (χ2n) is 3.57. The first-order valence-electron chi connectivity index (χ1n) is 4.93. The maximum absolute atomic E-state index is 7.22. The van der Waals surface area contributed by atoms with Crippen LogP contribution in [0.2, 0.25) is 0 Å². The molecule has 0 radical (unpaired) electrons. The van der Waals surface area contributed by atoms with E-state index in [-0.39, 0.29) is 18.2 Å². The van der Waals surface area contributed by atoms with Crippen LogP contribution in [-0.4, -0.2) is 15.4 Å². The van der Waals surface area contributed by atoms with Crippen LogP contribution in [0.5, 0.6) is 0 Å². The summed E-state index contributed by atoms with van der Waals surface area (Å²) >= 11 is 0. The third-order valence-corrected chi connectivity index (χ3v) is 2.45. The van der Waals surface area contributed by atoms with E-state index in [2.05, 4.69) is 9.55 Å². The molecule has 0 atom stereocenters. The fourth-order valence-electron chi connectivity index (χ4n) is 1.71. The Morgan fingerprint density at radius 1 is 1.44 bits per heavy atom. The molecule has 0 fully saturated rings. The van der Waals surface area contributed by atoms with Crippen molar-refractivity contribution in [3.63, 3.8) is 0 Å². The molecule has 1 aromatic carbocycles. The second kappa shape index (κ2) is 4.99. The monoisotopic (exact) mass is 238 g/mol. The van der Waals surface area contributed by atoms with E-state index in [1.807, 2.05) is 31.2 Å². The third-order valence-electron chi connectivity index (χ3n) is 2.45. The summed E-state index contributed by atoms with van der Waals surface area (Å²) < 4.78 is 2.09. The zero-order valence-electron chi connectivity index (χ0n) is 9.10. The minimum atomic E-state index is 0. The third kappa shape index (κ3) is 2.33. The van der Waals surface area contributed by atoms with Gasteiger partial charge in [0.1, 0.15) is 5.82 Å². The summed E-state index contributed by atoms with van der Waals surface area (Å²) in [5.41, 5.74) is 7.46. The predicted molar refractivity (Wildman–Crippen MR) is 68.2 cm³/mol. The van der Waals surface area contributed by atoms with Gasteiger partial charge in [-0.1, -0.05) is 12.1 Å². The standard InChI is InChI=1S/C11H14N4.ClH/c1-8-14-9-4-2-3-5-10(9)15(8)7-6-11(12)13;/h2-5H,6-7H2,1H3,(H3,12,13);1H. The highest BCUT2D eigenvalue weighted by Gasteiger charge is 2.05. The van der Waals surface area contributed by atoms with Gasteiger partial charge in [0.2, 0.25) is 0 Å². The lowest BCUT2D eigenvalue weighted by Gasteiger charge is -2.05. The molecule has 1 aromatic heterocycles. The van der Waals surface area contributed by atoms with E-state index in [0.717, 1.165) is 23.4 Å². The van der Waals surface area contributed by atoms with Gasteiger partial charge in [-0.15, -0.1) is 12.4 Å². The molecule has 0 aliphatic carbocycles. The van der Waals surface area contributed by atoms with Crippen molar-refractivity contribution >= 4 is 29.3 Å². The molecular formula is C11H15ClN4. The Labute approximate surface area is 100 Å². The predicted octanol–water partition coefficient (Wildman–Crippen LogP) is 2.09. The van der Waals surface area contributed by atoms with Crippen LogP contribution in [0.3, 0.4) is 0 Å². The number of rotatable bonds is 3. The van der Waals surface area contributed by atoms with Crippen molar-refractivity contribution in [2.24, 2.45) is 5.73 Å². The molecule has 0 aliphatic heterocycles. The van der Waals surface area contributed by atoms with Crippen LogP contribution in [-0.2, 0) is 6.54 Å². The molecule has 1 heterocycles. The number of hydrogen-bond donors (Lipinski definition) is 2. The Hall–Kier alpha value is -1.55. The number of nitrogens with zero attached hydrogens (tertiary/aromatic N) is 2. The highest BCUT2D eigenvalue weighted by molar-refractivity contribution is 5.85. The molecule has 0 saturated heterocycles. The molecule has 0 bridgehead atoms. The number of amidine groups is 1. The average Bonchev–Trinajstić information content (AvgIpc) is 2.50. The Bertz CT molecular complexity index is 504. The van der Waals surface area contributed by atoms with Crippen molar-refractivity contribution in [1.29, 1.82) is 5.41 Å². The Morgan fingerprint density at radius 2 is 2.12 bits per heavy atom. The van der Waals surface area contributed by atoms with Crippen LogP contribution < -0.4 is 5.73 Å². The molecule has 0 aliphatic rings. The van der Waals surface area contributed by atoms with Crippen LogP contribution in [0, 0.1) is 12.3 Å². The molecule has 2 aromatic rings. The SMILES string of the molecule is Cc1nc2ccccc2n1CCC(=N)N.Cl. The quantitative estimate of drug-likeness (QED) is 0.635. The number of para-hydroxylation sites is 2. The summed E-state index contributed by atoms with van der Waals surface area (Å²) in [4.78, 5) is 4.44. The average molecular weight is 239 g/mol. The van der Waals surface area contributed by atoms with E-state index in [0.29, 0.717) is 6.42 Å². The Kier molecular flexibility index (Phi) is 3.90. The highest BCUT2D eigenvalue weighted by atomic mass is 35.5. The smallest absolute Gasteiger partial charge is 0.106 e. The zero-order chi connectivity index (χ0) is 10.8. The van der Waals surface area contributed by atoms with Crippen molar-refractivity contribution in [3.05, 3.63) is 30.1 Å². The summed E-state index contributed by atoms with van der Waals surface area (Å²) in [7, 11) is 0. The van der Waals surface area contributed by atoms with E-state index in [9.17, 15) is 0 Å². The van der Waals surface area contributed by atoms with Crippen LogP contribution >= 0.6 is 12.4 Å². The van der Waals surface area contributed by atoms with E-state index in [4.69, 9.17) is 11.1 Å². The fourth-order valence-corrected chi connectivity index (χ4v) is 1.71. The molecule has 0 spiro atoms. The number of nitrogens with one attached hydrogen (secondary N) is 1. The van der Waals surface area contributed by atoms with Gasteiger partial charge in [0.05, 0.1) is 16.9 Å². The molecular weight excluding hydrogens is 224 g/mol. The summed E-state index contributed by atoms with van der Waals surface area (Å²) in [5.74, 6) is 1.18. The van der Waals surface area contributed by atoms with Gasteiger partial charge in [0.25, 0.3) is 0 Å². The summed E-state index contributed by atoms with van der Waals surface area (Å²) in [6.45, 7) is 2.70. The summed E-state index contributed by atoms with van der Waals surface area (Å²) in [6.07, 6.45) is 0.571. The molecule has 3 N–H and O–H groups in total. The number of halogens is 1.